The van der Waals surface area contributed by atoms with E-state index in [2.05, 4.69) is 6.92 Å². The minimum absolute atomic E-state index is 0.0127. The lowest BCUT2D eigenvalue weighted by molar-refractivity contribution is -0.130. The molecule has 0 radical (unpaired) electrons. The number of carbonyl (C=O) groups excluding carboxylic acids is 2. The summed E-state index contributed by atoms with van der Waals surface area (Å²) < 4.78 is 0. The minimum atomic E-state index is -0.0787. The molecular formula is C10H16O2. The topological polar surface area (TPSA) is 34.1 Å². The number of aldehydes is 1. The van der Waals surface area contributed by atoms with Crippen molar-refractivity contribution in [2.75, 3.05) is 0 Å². The third-order valence-electron chi connectivity index (χ3n) is 2.78. The Morgan fingerprint density at radius 2 is 2.17 bits per heavy atom. The molecule has 0 heterocycles. The highest BCUT2D eigenvalue weighted by Gasteiger charge is 2.29. The van der Waals surface area contributed by atoms with E-state index < -0.39 is 0 Å². The summed E-state index contributed by atoms with van der Waals surface area (Å²) in [5.41, 5.74) is 0. The summed E-state index contributed by atoms with van der Waals surface area (Å²) in [6.07, 6.45) is 3.57. The van der Waals surface area contributed by atoms with Crippen molar-refractivity contribution in [2.45, 2.75) is 33.1 Å². The van der Waals surface area contributed by atoms with Crippen molar-refractivity contribution in [1.29, 1.82) is 0 Å². The van der Waals surface area contributed by atoms with Crippen LogP contribution in [0.4, 0.5) is 0 Å². The minimum Gasteiger partial charge on any atom is -0.303 e. The molecule has 0 aliphatic heterocycles. The zero-order valence-corrected chi connectivity index (χ0v) is 7.75. The van der Waals surface area contributed by atoms with Gasteiger partial charge in [0.15, 0.2) is 0 Å². The van der Waals surface area contributed by atoms with Crippen LogP contribution in [-0.4, -0.2) is 12.1 Å². The van der Waals surface area contributed by atoms with E-state index in [1.807, 2.05) is 6.92 Å². The van der Waals surface area contributed by atoms with E-state index >= 15 is 0 Å². The van der Waals surface area contributed by atoms with E-state index in [9.17, 15) is 9.59 Å². The Morgan fingerprint density at radius 3 is 2.67 bits per heavy atom. The molecule has 12 heavy (non-hydrogen) atoms. The van der Waals surface area contributed by atoms with Gasteiger partial charge in [-0.2, -0.15) is 0 Å². The fourth-order valence-electron chi connectivity index (χ4n) is 1.87. The molecule has 0 amide bonds. The molecule has 2 heteroatoms. The predicted molar refractivity (Wildman–Crippen MR) is 46.7 cm³/mol. The molecule has 1 rings (SSSR count). The highest BCUT2D eigenvalue weighted by molar-refractivity contribution is 5.84. The number of Topliss-reactive ketones (excluding diaryl/α,β-unsaturated/α-hetero) is 1. The first kappa shape index (κ1) is 9.43. The first-order chi connectivity index (χ1) is 5.65. The molecule has 0 N–H and O–H groups in total. The van der Waals surface area contributed by atoms with E-state index in [1.165, 1.54) is 0 Å². The average Bonchev–Trinajstić information content (AvgIpc) is 2.03. The Morgan fingerprint density at radius 1 is 1.50 bits per heavy atom. The van der Waals surface area contributed by atoms with Gasteiger partial charge in [-0.15, -0.1) is 0 Å². The van der Waals surface area contributed by atoms with Gasteiger partial charge in [0.2, 0.25) is 0 Å². The number of hydrogen-bond acceptors (Lipinski definition) is 2. The summed E-state index contributed by atoms with van der Waals surface area (Å²) in [6, 6.07) is 0. The second-order valence-corrected chi connectivity index (χ2v) is 3.95. The Kier molecular flexibility index (Phi) is 3.01. The van der Waals surface area contributed by atoms with Crippen LogP contribution in [0.3, 0.4) is 0 Å². The summed E-state index contributed by atoms with van der Waals surface area (Å²) >= 11 is 0. The SMILES string of the molecule is CC1CCC(C(C)C=O)C(=O)C1. The second-order valence-electron chi connectivity index (χ2n) is 3.95. The molecule has 0 aromatic heterocycles. The summed E-state index contributed by atoms with van der Waals surface area (Å²) in [4.78, 5) is 21.9. The Balaban J connectivity index is 2.56. The van der Waals surface area contributed by atoms with Gasteiger partial charge < -0.3 is 4.79 Å². The predicted octanol–water partition coefficient (Wildman–Crippen LogP) is 1.83. The normalized spacial score (nSPS) is 33.0. The molecule has 0 spiro atoms. The van der Waals surface area contributed by atoms with Gasteiger partial charge in [-0.3, -0.25) is 4.79 Å². The van der Waals surface area contributed by atoms with Gasteiger partial charge in [-0.25, -0.2) is 0 Å². The molecule has 0 aromatic carbocycles. The highest BCUT2D eigenvalue weighted by atomic mass is 16.1. The van der Waals surface area contributed by atoms with E-state index in [-0.39, 0.29) is 17.6 Å². The van der Waals surface area contributed by atoms with Gasteiger partial charge in [-0.05, 0) is 18.8 Å². The first-order valence-corrected chi connectivity index (χ1v) is 4.63. The van der Waals surface area contributed by atoms with Crippen molar-refractivity contribution in [3.05, 3.63) is 0 Å². The summed E-state index contributed by atoms with van der Waals surface area (Å²) in [6.45, 7) is 3.94. The van der Waals surface area contributed by atoms with Gasteiger partial charge in [-0.1, -0.05) is 13.8 Å². The highest BCUT2D eigenvalue weighted by Crippen LogP contribution is 2.29. The fraction of sp³-hybridized carbons (Fsp3) is 0.800. The van der Waals surface area contributed by atoms with E-state index in [1.54, 1.807) is 0 Å². The number of rotatable bonds is 2. The molecule has 2 nitrogen and oxygen atoms in total. The van der Waals surface area contributed by atoms with Crippen molar-refractivity contribution >= 4 is 12.1 Å². The van der Waals surface area contributed by atoms with Crippen LogP contribution < -0.4 is 0 Å². The van der Waals surface area contributed by atoms with Crippen LogP contribution in [0.2, 0.25) is 0 Å². The van der Waals surface area contributed by atoms with Gasteiger partial charge in [0.25, 0.3) is 0 Å². The largest absolute Gasteiger partial charge is 0.303 e. The third kappa shape index (κ3) is 1.93. The van der Waals surface area contributed by atoms with Gasteiger partial charge in [0.05, 0.1) is 0 Å². The molecule has 0 bridgehead atoms. The maximum absolute atomic E-state index is 11.4. The molecule has 1 aliphatic carbocycles. The Hall–Kier alpha value is -0.660. The molecule has 3 unspecified atom stereocenters. The van der Waals surface area contributed by atoms with Crippen LogP contribution >= 0.6 is 0 Å². The lowest BCUT2D eigenvalue weighted by atomic mass is 9.76. The van der Waals surface area contributed by atoms with Crippen LogP contribution in [0.5, 0.6) is 0 Å². The van der Waals surface area contributed by atoms with Crippen LogP contribution in [0.25, 0.3) is 0 Å². The summed E-state index contributed by atoms with van der Waals surface area (Å²) in [5.74, 6) is 0.740. The van der Waals surface area contributed by atoms with Crippen molar-refractivity contribution in [1.82, 2.24) is 0 Å². The molecular weight excluding hydrogens is 152 g/mol. The lowest BCUT2D eigenvalue weighted by Crippen LogP contribution is -2.29. The van der Waals surface area contributed by atoms with E-state index in [4.69, 9.17) is 0 Å². The number of ketones is 1. The Bertz CT molecular complexity index is 186. The van der Waals surface area contributed by atoms with Gasteiger partial charge in [0, 0.05) is 18.3 Å². The summed E-state index contributed by atoms with van der Waals surface area (Å²) in [5, 5.41) is 0. The average molecular weight is 168 g/mol. The monoisotopic (exact) mass is 168 g/mol. The summed E-state index contributed by atoms with van der Waals surface area (Å²) in [7, 11) is 0. The molecule has 1 saturated carbocycles. The zero-order valence-electron chi connectivity index (χ0n) is 7.75. The van der Waals surface area contributed by atoms with Crippen molar-refractivity contribution in [3.63, 3.8) is 0 Å². The van der Waals surface area contributed by atoms with E-state index in [0.717, 1.165) is 19.1 Å². The number of carbonyl (C=O) groups is 2. The zero-order chi connectivity index (χ0) is 9.14. The second kappa shape index (κ2) is 3.83. The maximum atomic E-state index is 11.4. The lowest BCUT2D eigenvalue weighted by Gasteiger charge is -2.26. The standard InChI is InChI=1S/C10H16O2/c1-7-3-4-9(8(2)6-11)10(12)5-7/h6-9H,3-5H2,1-2H3. The van der Waals surface area contributed by atoms with Crippen molar-refractivity contribution in [3.8, 4) is 0 Å². The quantitative estimate of drug-likeness (QED) is 0.589. The smallest absolute Gasteiger partial charge is 0.136 e. The first-order valence-electron chi connectivity index (χ1n) is 4.63. The van der Waals surface area contributed by atoms with Crippen LogP contribution in [0.1, 0.15) is 33.1 Å². The molecule has 68 valence electrons. The Labute approximate surface area is 73.3 Å². The third-order valence-corrected chi connectivity index (χ3v) is 2.78. The molecule has 3 atom stereocenters. The fourth-order valence-corrected chi connectivity index (χ4v) is 1.87. The maximum Gasteiger partial charge on any atom is 0.136 e. The van der Waals surface area contributed by atoms with Crippen LogP contribution in [0.15, 0.2) is 0 Å². The van der Waals surface area contributed by atoms with Gasteiger partial charge >= 0.3 is 0 Å². The van der Waals surface area contributed by atoms with Crippen LogP contribution in [0, 0.1) is 17.8 Å². The molecule has 0 aromatic rings. The van der Waals surface area contributed by atoms with Crippen molar-refractivity contribution < 1.29 is 9.59 Å². The van der Waals surface area contributed by atoms with E-state index in [0.29, 0.717) is 12.3 Å². The van der Waals surface area contributed by atoms with Crippen LogP contribution in [-0.2, 0) is 9.59 Å². The molecule has 1 aliphatic rings. The van der Waals surface area contributed by atoms with Gasteiger partial charge in [0.1, 0.15) is 12.1 Å². The number of hydrogen-bond donors (Lipinski definition) is 0. The molecule has 1 fully saturated rings. The molecule has 0 saturated heterocycles. The van der Waals surface area contributed by atoms with Crippen molar-refractivity contribution in [2.24, 2.45) is 17.8 Å².